The van der Waals surface area contributed by atoms with Gasteiger partial charge in [-0.15, -0.1) is 0 Å². The molecule has 1 unspecified atom stereocenters. The van der Waals surface area contributed by atoms with Crippen molar-refractivity contribution in [2.45, 2.75) is 26.1 Å². The highest BCUT2D eigenvalue weighted by Gasteiger charge is 2.38. The van der Waals surface area contributed by atoms with Gasteiger partial charge in [0.15, 0.2) is 0 Å². The van der Waals surface area contributed by atoms with Crippen LogP contribution in [0.25, 0.3) is 11.4 Å². The predicted molar refractivity (Wildman–Crippen MR) is 81.3 cm³/mol. The van der Waals surface area contributed by atoms with Crippen LogP contribution < -0.4 is 10.8 Å². The largest absolute Gasteiger partial charge is 0.471 e. The zero-order valence-electron chi connectivity index (χ0n) is 13.9. The topological polar surface area (TPSA) is 89.3 Å². The van der Waals surface area contributed by atoms with Gasteiger partial charge in [-0.1, -0.05) is 11.2 Å². The number of alkyl halides is 3. The number of amides is 1. The van der Waals surface area contributed by atoms with E-state index in [1.54, 1.807) is 13.8 Å². The number of hydrogen-bond donors (Lipinski definition) is 2. The number of hydrogen-bond acceptors (Lipinski definition) is 6. The highest BCUT2D eigenvalue weighted by atomic mass is 19.4. The van der Waals surface area contributed by atoms with E-state index in [4.69, 9.17) is 4.84 Å². The first kappa shape index (κ1) is 19.8. The highest BCUT2D eigenvalue weighted by molar-refractivity contribution is 5.94. The number of halogens is 4. The van der Waals surface area contributed by atoms with E-state index in [0.717, 1.165) is 12.1 Å². The molecule has 1 aromatic carbocycles. The second kappa shape index (κ2) is 8.23. The summed E-state index contributed by atoms with van der Waals surface area (Å²) in [5, 5.41) is 5.67. The molecule has 0 spiro atoms. The van der Waals surface area contributed by atoms with E-state index in [9.17, 15) is 22.4 Å². The van der Waals surface area contributed by atoms with Crippen LogP contribution in [-0.2, 0) is 11.0 Å². The number of carbonyl (C=O) groups is 1. The van der Waals surface area contributed by atoms with Crippen LogP contribution in [0.5, 0.6) is 0 Å². The molecule has 11 heteroatoms. The molecule has 2 rings (SSSR count). The molecule has 2 aromatic rings. The van der Waals surface area contributed by atoms with Gasteiger partial charge in [0.1, 0.15) is 5.82 Å². The Morgan fingerprint density at radius 2 is 2.12 bits per heavy atom. The molecule has 0 fully saturated rings. The number of nitrogens with one attached hydrogen (secondary N) is 2. The van der Waals surface area contributed by atoms with E-state index in [1.807, 2.05) is 0 Å². The lowest BCUT2D eigenvalue weighted by Gasteiger charge is -2.14. The smallest absolute Gasteiger partial charge is 0.350 e. The number of hydroxylamine groups is 1. The standard InChI is InChI=1S/C15H16F4N4O3/c1-3-25-22-8(2)7-20-13(24)10-5-4-9(6-11(10)16)12-21-14(26-23-12)15(17,18)19/h4-6,8,22H,3,7H2,1-2H3,(H,20,24). The molecule has 2 N–H and O–H groups in total. The van der Waals surface area contributed by atoms with Crippen LogP contribution in [0.15, 0.2) is 22.7 Å². The normalized spacial score (nSPS) is 12.8. The maximum absolute atomic E-state index is 14.1. The Labute approximate surface area is 145 Å². The van der Waals surface area contributed by atoms with E-state index >= 15 is 0 Å². The van der Waals surface area contributed by atoms with Crippen LogP contribution in [0.3, 0.4) is 0 Å². The fraction of sp³-hybridized carbons (Fsp3) is 0.400. The van der Waals surface area contributed by atoms with Crippen molar-refractivity contribution >= 4 is 5.91 Å². The molecule has 0 aliphatic carbocycles. The Balaban J connectivity index is 2.07. The van der Waals surface area contributed by atoms with Gasteiger partial charge < -0.3 is 14.7 Å². The summed E-state index contributed by atoms with van der Waals surface area (Å²) in [6.07, 6.45) is -4.80. The van der Waals surface area contributed by atoms with Gasteiger partial charge >= 0.3 is 12.1 Å². The molecule has 0 aliphatic rings. The lowest BCUT2D eigenvalue weighted by molar-refractivity contribution is -0.159. The minimum atomic E-state index is -4.80. The van der Waals surface area contributed by atoms with Crippen LogP contribution in [0.1, 0.15) is 30.1 Å². The van der Waals surface area contributed by atoms with Gasteiger partial charge in [-0.3, -0.25) is 4.79 Å². The summed E-state index contributed by atoms with van der Waals surface area (Å²) in [7, 11) is 0. The number of rotatable bonds is 7. The second-order valence-electron chi connectivity index (χ2n) is 5.28. The van der Waals surface area contributed by atoms with E-state index in [1.165, 1.54) is 6.07 Å². The van der Waals surface area contributed by atoms with Crippen molar-refractivity contribution in [3.8, 4) is 11.4 Å². The third-order valence-corrected chi connectivity index (χ3v) is 3.14. The summed E-state index contributed by atoms with van der Waals surface area (Å²) < 4.78 is 55.6. The monoisotopic (exact) mass is 376 g/mol. The fourth-order valence-electron chi connectivity index (χ4n) is 1.90. The number of carbonyl (C=O) groups excluding carboxylic acids is 1. The van der Waals surface area contributed by atoms with Gasteiger partial charge in [0.05, 0.1) is 12.2 Å². The number of benzene rings is 1. The second-order valence-corrected chi connectivity index (χ2v) is 5.28. The van der Waals surface area contributed by atoms with E-state index in [2.05, 4.69) is 25.5 Å². The van der Waals surface area contributed by atoms with Gasteiger partial charge in [-0.25, -0.2) is 4.39 Å². The molecule has 1 atom stereocenters. The molecule has 0 aliphatic heterocycles. The Bertz CT molecular complexity index is 764. The van der Waals surface area contributed by atoms with Crippen LogP contribution in [-0.4, -0.2) is 35.2 Å². The molecular formula is C15H16F4N4O3. The van der Waals surface area contributed by atoms with Crippen molar-refractivity contribution in [2.75, 3.05) is 13.2 Å². The lowest BCUT2D eigenvalue weighted by atomic mass is 10.1. The zero-order valence-corrected chi connectivity index (χ0v) is 13.9. The lowest BCUT2D eigenvalue weighted by Crippen LogP contribution is -2.39. The Kier molecular flexibility index (Phi) is 6.27. The average Bonchev–Trinajstić information content (AvgIpc) is 3.08. The predicted octanol–water partition coefficient (Wildman–Crippen LogP) is 2.55. The van der Waals surface area contributed by atoms with Crippen molar-refractivity contribution in [1.82, 2.24) is 20.9 Å². The first-order valence-corrected chi connectivity index (χ1v) is 7.58. The first-order chi connectivity index (χ1) is 12.2. The molecule has 0 bridgehead atoms. The summed E-state index contributed by atoms with van der Waals surface area (Å²) in [5.41, 5.74) is 2.35. The molecule has 142 valence electrons. The van der Waals surface area contributed by atoms with Crippen LogP contribution in [0.2, 0.25) is 0 Å². The molecule has 0 saturated heterocycles. The van der Waals surface area contributed by atoms with E-state index in [0.29, 0.717) is 6.61 Å². The third-order valence-electron chi connectivity index (χ3n) is 3.14. The number of nitrogens with zero attached hydrogens (tertiary/aromatic N) is 2. The summed E-state index contributed by atoms with van der Waals surface area (Å²) >= 11 is 0. The van der Waals surface area contributed by atoms with Crippen molar-refractivity contribution in [3.63, 3.8) is 0 Å². The summed E-state index contributed by atoms with van der Waals surface area (Å²) in [4.78, 5) is 20.1. The Morgan fingerprint density at radius 1 is 1.38 bits per heavy atom. The quantitative estimate of drug-likeness (QED) is 0.570. The summed E-state index contributed by atoms with van der Waals surface area (Å²) in [6, 6.07) is 3.01. The molecule has 1 aromatic heterocycles. The van der Waals surface area contributed by atoms with Gasteiger partial charge in [0.2, 0.25) is 5.82 Å². The van der Waals surface area contributed by atoms with Crippen molar-refractivity contribution in [2.24, 2.45) is 0 Å². The molecule has 7 nitrogen and oxygen atoms in total. The zero-order chi connectivity index (χ0) is 19.3. The van der Waals surface area contributed by atoms with Gasteiger partial charge in [-0.05, 0) is 26.0 Å². The SMILES string of the molecule is CCONC(C)CNC(=O)c1ccc(-c2noc(C(F)(F)F)n2)cc1F. The third kappa shape index (κ3) is 4.99. The summed E-state index contributed by atoms with van der Waals surface area (Å²) in [6.45, 7) is 4.17. The Morgan fingerprint density at radius 3 is 2.69 bits per heavy atom. The minimum absolute atomic E-state index is 0.0512. The minimum Gasteiger partial charge on any atom is -0.350 e. The molecule has 26 heavy (non-hydrogen) atoms. The Hall–Kier alpha value is -2.53. The van der Waals surface area contributed by atoms with Crippen LogP contribution in [0, 0.1) is 5.82 Å². The van der Waals surface area contributed by atoms with Gasteiger partial charge in [0, 0.05) is 18.2 Å². The first-order valence-electron chi connectivity index (χ1n) is 7.58. The van der Waals surface area contributed by atoms with Gasteiger partial charge in [-0.2, -0.15) is 23.6 Å². The summed E-state index contributed by atoms with van der Waals surface area (Å²) in [5.74, 6) is -3.57. The van der Waals surface area contributed by atoms with Crippen LogP contribution in [0.4, 0.5) is 17.6 Å². The van der Waals surface area contributed by atoms with Crippen LogP contribution >= 0.6 is 0 Å². The molecular weight excluding hydrogens is 360 g/mol. The maximum atomic E-state index is 14.1. The maximum Gasteiger partial charge on any atom is 0.471 e. The van der Waals surface area contributed by atoms with Crippen molar-refractivity contribution in [3.05, 3.63) is 35.5 Å². The van der Waals surface area contributed by atoms with Gasteiger partial charge in [0.25, 0.3) is 5.91 Å². The van der Waals surface area contributed by atoms with E-state index < -0.39 is 29.6 Å². The molecule has 0 radical (unpaired) electrons. The molecule has 0 saturated carbocycles. The fourth-order valence-corrected chi connectivity index (χ4v) is 1.90. The average molecular weight is 376 g/mol. The van der Waals surface area contributed by atoms with Crippen molar-refractivity contribution < 1.29 is 31.7 Å². The van der Waals surface area contributed by atoms with Crippen molar-refractivity contribution in [1.29, 1.82) is 0 Å². The highest BCUT2D eigenvalue weighted by Crippen LogP contribution is 2.29. The number of aromatic nitrogens is 2. The van der Waals surface area contributed by atoms with E-state index in [-0.39, 0.29) is 23.7 Å². The molecule has 1 heterocycles. The molecule has 1 amide bonds.